The number of ether oxygens (including phenoxy) is 4. The molecule has 0 unspecified atom stereocenters. The summed E-state index contributed by atoms with van der Waals surface area (Å²) in [6.45, 7) is 6.56. The van der Waals surface area contributed by atoms with E-state index < -0.39 is 34.1 Å². The van der Waals surface area contributed by atoms with Gasteiger partial charge in [-0.15, -0.1) is 0 Å². The second-order valence-corrected chi connectivity index (χ2v) is 13.6. The quantitative estimate of drug-likeness (QED) is 0.245. The van der Waals surface area contributed by atoms with E-state index in [4.69, 9.17) is 30.5 Å². The maximum atomic E-state index is 14.5. The molecular formula is C33H42ClN3O8S. The van der Waals surface area contributed by atoms with E-state index in [0.29, 0.717) is 22.1 Å². The number of rotatable bonds is 14. The molecule has 0 saturated heterocycles. The molecule has 0 heterocycles. The summed E-state index contributed by atoms with van der Waals surface area (Å²) < 4.78 is 51.4. The zero-order valence-corrected chi connectivity index (χ0v) is 29.0. The van der Waals surface area contributed by atoms with Crippen LogP contribution in [-0.2, 0) is 26.2 Å². The van der Waals surface area contributed by atoms with Crippen LogP contribution in [0.4, 0.5) is 5.69 Å². The fourth-order valence-corrected chi connectivity index (χ4v) is 6.42. The Morgan fingerprint density at radius 1 is 0.870 bits per heavy atom. The van der Waals surface area contributed by atoms with Gasteiger partial charge in [0.2, 0.25) is 11.8 Å². The van der Waals surface area contributed by atoms with Crippen molar-refractivity contribution in [3.05, 3.63) is 71.2 Å². The predicted molar refractivity (Wildman–Crippen MR) is 178 cm³/mol. The van der Waals surface area contributed by atoms with Crippen LogP contribution >= 0.6 is 11.6 Å². The van der Waals surface area contributed by atoms with E-state index in [1.165, 1.54) is 57.6 Å². The molecule has 13 heteroatoms. The Bertz CT molecular complexity index is 1640. The standard InChI is InChI=1S/C33H42ClN3O8S/c1-9-26(32(39)35-33(2,3)4)36(20-22-12-10-11-13-25(22)34)31(38)21-37(27-18-23(42-5)14-16-28(27)43-6)46(40,41)24-15-17-29(44-7)30(19-24)45-8/h10-19,26H,9,20-21H2,1-8H3,(H,35,39)/t26-/m1/s1. The van der Waals surface area contributed by atoms with Gasteiger partial charge in [-0.05, 0) is 63.1 Å². The summed E-state index contributed by atoms with van der Waals surface area (Å²) in [6, 6.07) is 14.8. The second-order valence-electron chi connectivity index (χ2n) is 11.3. The van der Waals surface area contributed by atoms with Crippen molar-refractivity contribution in [2.24, 2.45) is 0 Å². The van der Waals surface area contributed by atoms with Gasteiger partial charge in [0, 0.05) is 29.2 Å². The summed E-state index contributed by atoms with van der Waals surface area (Å²) in [5.41, 5.74) is 0.0584. The van der Waals surface area contributed by atoms with Gasteiger partial charge in [-0.25, -0.2) is 8.42 Å². The lowest BCUT2D eigenvalue weighted by Gasteiger charge is -2.35. The molecule has 2 amide bonds. The highest BCUT2D eigenvalue weighted by atomic mass is 35.5. The number of hydrogen-bond acceptors (Lipinski definition) is 8. The van der Waals surface area contributed by atoms with E-state index in [0.717, 1.165) is 4.31 Å². The Labute approximate surface area is 276 Å². The highest BCUT2D eigenvalue weighted by Crippen LogP contribution is 2.38. The predicted octanol–water partition coefficient (Wildman–Crippen LogP) is 5.29. The van der Waals surface area contributed by atoms with Crippen molar-refractivity contribution in [1.29, 1.82) is 0 Å². The van der Waals surface area contributed by atoms with E-state index in [9.17, 15) is 18.0 Å². The number of sulfonamides is 1. The van der Waals surface area contributed by atoms with Gasteiger partial charge in [0.05, 0.1) is 39.0 Å². The van der Waals surface area contributed by atoms with Crippen molar-refractivity contribution in [3.63, 3.8) is 0 Å². The normalized spacial score (nSPS) is 12.1. The number of nitrogens with zero attached hydrogens (tertiary/aromatic N) is 2. The molecule has 46 heavy (non-hydrogen) atoms. The first-order valence-electron chi connectivity index (χ1n) is 14.5. The van der Waals surface area contributed by atoms with Crippen molar-refractivity contribution in [2.45, 2.75) is 57.1 Å². The number of anilines is 1. The average Bonchev–Trinajstić information content (AvgIpc) is 3.02. The minimum Gasteiger partial charge on any atom is -0.497 e. The lowest BCUT2D eigenvalue weighted by molar-refractivity contribution is -0.141. The zero-order chi connectivity index (χ0) is 34.2. The smallest absolute Gasteiger partial charge is 0.265 e. The molecule has 0 aliphatic rings. The second kappa shape index (κ2) is 15.4. The summed E-state index contributed by atoms with van der Waals surface area (Å²) in [5, 5.41) is 3.34. The third-order valence-corrected chi connectivity index (χ3v) is 9.18. The van der Waals surface area contributed by atoms with E-state index >= 15 is 0 Å². The molecule has 1 atom stereocenters. The Hall–Kier alpha value is -4.16. The third-order valence-electron chi connectivity index (χ3n) is 7.06. The van der Waals surface area contributed by atoms with Gasteiger partial charge in [-0.3, -0.25) is 13.9 Å². The molecule has 0 aliphatic carbocycles. The SMILES string of the molecule is CC[C@H](C(=O)NC(C)(C)C)N(Cc1ccccc1Cl)C(=O)CN(c1cc(OC)ccc1OC)S(=O)(=O)c1ccc(OC)c(OC)c1. The van der Waals surface area contributed by atoms with Crippen LogP contribution in [0.1, 0.15) is 39.7 Å². The molecule has 0 fully saturated rings. The summed E-state index contributed by atoms with van der Waals surface area (Å²) in [6.07, 6.45) is 0.253. The van der Waals surface area contributed by atoms with Crippen LogP contribution in [0.2, 0.25) is 5.02 Å². The van der Waals surface area contributed by atoms with E-state index in [2.05, 4.69) is 5.32 Å². The maximum absolute atomic E-state index is 14.5. The summed E-state index contributed by atoms with van der Waals surface area (Å²) in [5.74, 6) is -0.0248. The molecule has 0 saturated carbocycles. The number of halogens is 1. The Kier molecular flexibility index (Phi) is 12.2. The highest BCUT2D eigenvalue weighted by Gasteiger charge is 2.36. The van der Waals surface area contributed by atoms with E-state index in [1.807, 2.05) is 20.8 Å². The average molecular weight is 676 g/mol. The molecule has 3 rings (SSSR count). The third kappa shape index (κ3) is 8.55. The van der Waals surface area contributed by atoms with Gasteiger partial charge in [-0.2, -0.15) is 0 Å². The number of hydrogen-bond donors (Lipinski definition) is 1. The molecule has 3 aromatic rings. The molecular weight excluding hydrogens is 634 g/mol. The fraction of sp³-hybridized carbons (Fsp3) is 0.394. The summed E-state index contributed by atoms with van der Waals surface area (Å²) >= 11 is 6.49. The number of benzene rings is 3. The minimum atomic E-state index is -4.47. The van der Waals surface area contributed by atoms with Gasteiger partial charge in [0.1, 0.15) is 24.1 Å². The molecule has 0 aromatic heterocycles. The number of methoxy groups -OCH3 is 4. The zero-order valence-electron chi connectivity index (χ0n) is 27.4. The molecule has 0 radical (unpaired) electrons. The molecule has 250 valence electrons. The van der Waals surface area contributed by atoms with Gasteiger partial charge >= 0.3 is 0 Å². The Morgan fingerprint density at radius 3 is 2.07 bits per heavy atom. The molecule has 3 aromatic carbocycles. The highest BCUT2D eigenvalue weighted by molar-refractivity contribution is 7.92. The number of amides is 2. The van der Waals surface area contributed by atoms with Crippen LogP contribution in [0.3, 0.4) is 0 Å². The number of carbonyl (C=O) groups excluding carboxylic acids is 2. The van der Waals surface area contributed by atoms with E-state index in [-0.39, 0.29) is 41.0 Å². The largest absolute Gasteiger partial charge is 0.497 e. The molecule has 0 bridgehead atoms. The molecule has 11 nitrogen and oxygen atoms in total. The number of carbonyl (C=O) groups is 2. The van der Waals surface area contributed by atoms with Gasteiger partial charge in [-0.1, -0.05) is 36.7 Å². The van der Waals surface area contributed by atoms with Gasteiger partial charge in [0.15, 0.2) is 11.5 Å². The van der Waals surface area contributed by atoms with Crippen molar-refractivity contribution in [2.75, 3.05) is 39.3 Å². The van der Waals surface area contributed by atoms with Crippen LogP contribution < -0.4 is 28.6 Å². The van der Waals surface area contributed by atoms with Gasteiger partial charge < -0.3 is 29.2 Å². The van der Waals surface area contributed by atoms with Crippen LogP contribution in [0.5, 0.6) is 23.0 Å². The van der Waals surface area contributed by atoms with Crippen molar-refractivity contribution >= 4 is 39.1 Å². The molecule has 0 aliphatic heterocycles. The summed E-state index contributed by atoms with van der Waals surface area (Å²) in [4.78, 5) is 29.2. The van der Waals surface area contributed by atoms with Crippen molar-refractivity contribution < 1.29 is 37.0 Å². The first-order valence-corrected chi connectivity index (χ1v) is 16.3. The monoisotopic (exact) mass is 675 g/mol. The molecule has 1 N–H and O–H groups in total. The Balaban J connectivity index is 2.22. The van der Waals surface area contributed by atoms with E-state index in [1.54, 1.807) is 43.3 Å². The van der Waals surface area contributed by atoms with Crippen LogP contribution in [0, 0.1) is 0 Å². The van der Waals surface area contributed by atoms with Crippen LogP contribution in [0.15, 0.2) is 65.6 Å². The topological polar surface area (TPSA) is 124 Å². The maximum Gasteiger partial charge on any atom is 0.265 e. The first kappa shape index (κ1) is 36.3. The first-order chi connectivity index (χ1) is 21.7. The lowest BCUT2D eigenvalue weighted by Crippen LogP contribution is -2.55. The van der Waals surface area contributed by atoms with Crippen LogP contribution in [-0.4, -0.2) is 71.7 Å². The number of nitrogens with one attached hydrogen (secondary N) is 1. The molecule has 0 spiro atoms. The van der Waals surface area contributed by atoms with Crippen molar-refractivity contribution in [3.8, 4) is 23.0 Å². The lowest BCUT2D eigenvalue weighted by atomic mass is 10.1. The fourth-order valence-electron chi connectivity index (χ4n) is 4.79. The minimum absolute atomic E-state index is 0.0476. The van der Waals surface area contributed by atoms with Crippen LogP contribution in [0.25, 0.3) is 0 Å². The Morgan fingerprint density at radius 2 is 1.50 bits per heavy atom. The van der Waals surface area contributed by atoms with Gasteiger partial charge in [0.25, 0.3) is 10.0 Å². The van der Waals surface area contributed by atoms with Crippen molar-refractivity contribution in [1.82, 2.24) is 10.2 Å². The summed E-state index contributed by atoms with van der Waals surface area (Å²) in [7, 11) is 1.18.